The monoisotopic (exact) mass is 308 g/mol. The average Bonchev–Trinajstić information content (AvgIpc) is 3.24. The second-order valence-corrected chi connectivity index (χ2v) is 4.36. The lowest BCUT2D eigenvalue weighted by molar-refractivity contribution is -0.141. The van der Waals surface area contributed by atoms with Gasteiger partial charge in [0, 0.05) is 18.8 Å². The molecule has 1 aromatic rings. The Morgan fingerprint density at radius 2 is 2.00 bits per heavy atom. The molecule has 1 aromatic heterocycles. The van der Waals surface area contributed by atoms with Crippen molar-refractivity contribution in [3.05, 3.63) is 49.5 Å². The van der Waals surface area contributed by atoms with Crippen LogP contribution in [0.5, 0.6) is 0 Å². The summed E-state index contributed by atoms with van der Waals surface area (Å²) in [5.74, 6) is -0.192. The Balaban J connectivity index is 0.000000220. The molecule has 0 bridgehead atoms. The van der Waals surface area contributed by atoms with Gasteiger partial charge in [-0.15, -0.1) is 0 Å². The number of hydrogen-bond donors (Lipinski definition) is 0. The van der Waals surface area contributed by atoms with Crippen molar-refractivity contribution in [2.45, 2.75) is 25.6 Å². The minimum atomic E-state index is -0.443. The molecule has 2 heterocycles. The lowest BCUT2D eigenvalue weighted by Crippen LogP contribution is -2.16. The van der Waals surface area contributed by atoms with Gasteiger partial charge in [0.15, 0.2) is 0 Å². The first-order valence-electron chi connectivity index (χ1n) is 6.88. The second-order valence-electron chi connectivity index (χ2n) is 4.36. The lowest BCUT2D eigenvalue weighted by Gasteiger charge is -2.07. The molecule has 120 valence electrons. The zero-order chi connectivity index (χ0) is 16.2. The van der Waals surface area contributed by atoms with Crippen LogP contribution in [-0.2, 0) is 30.4 Å². The molecule has 6 nitrogen and oxygen atoms in total. The van der Waals surface area contributed by atoms with Crippen LogP contribution in [0, 0.1) is 0 Å². The van der Waals surface area contributed by atoms with Crippen molar-refractivity contribution in [2.24, 2.45) is 0 Å². The number of hydrogen-bond acceptors (Lipinski definition) is 6. The molecule has 1 atom stereocenters. The Morgan fingerprint density at radius 1 is 1.27 bits per heavy atom. The van der Waals surface area contributed by atoms with E-state index in [2.05, 4.69) is 17.9 Å². The summed E-state index contributed by atoms with van der Waals surface area (Å²) < 4.78 is 19.6. The van der Waals surface area contributed by atoms with Gasteiger partial charge >= 0.3 is 11.9 Å². The van der Waals surface area contributed by atoms with Crippen LogP contribution < -0.4 is 0 Å². The number of ether oxygens (including phenoxy) is 3. The van der Waals surface area contributed by atoms with Crippen LogP contribution in [0.4, 0.5) is 0 Å². The van der Waals surface area contributed by atoms with Gasteiger partial charge < -0.3 is 18.6 Å². The van der Waals surface area contributed by atoms with Crippen LogP contribution in [0.2, 0.25) is 0 Å². The minimum Gasteiger partial charge on any atom is -0.466 e. The predicted molar refractivity (Wildman–Crippen MR) is 78.8 cm³/mol. The first-order valence-corrected chi connectivity index (χ1v) is 6.88. The molecule has 1 aliphatic heterocycles. The van der Waals surface area contributed by atoms with Crippen LogP contribution in [0.25, 0.3) is 0 Å². The zero-order valence-electron chi connectivity index (χ0n) is 12.4. The van der Waals surface area contributed by atoms with E-state index >= 15 is 0 Å². The van der Waals surface area contributed by atoms with Crippen molar-refractivity contribution < 1.29 is 28.2 Å². The Bertz CT molecular complexity index is 471. The van der Waals surface area contributed by atoms with E-state index < -0.39 is 5.97 Å². The molecule has 2 rings (SSSR count). The highest BCUT2D eigenvalue weighted by Gasteiger charge is 2.16. The summed E-state index contributed by atoms with van der Waals surface area (Å²) in [5, 5.41) is 0. The maximum Gasteiger partial charge on any atom is 0.330 e. The van der Waals surface area contributed by atoms with Crippen molar-refractivity contribution in [2.75, 3.05) is 13.2 Å². The maximum absolute atomic E-state index is 10.6. The van der Waals surface area contributed by atoms with Crippen molar-refractivity contribution in [1.82, 2.24) is 0 Å². The molecule has 1 fully saturated rings. The largest absolute Gasteiger partial charge is 0.466 e. The van der Waals surface area contributed by atoms with Crippen LogP contribution in [-0.4, -0.2) is 31.3 Å². The topological polar surface area (TPSA) is 75.0 Å². The quantitative estimate of drug-likeness (QED) is 0.593. The Morgan fingerprint density at radius 3 is 2.55 bits per heavy atom. The number of carbonyl (C=O) groups excluding carboxylic acids is 2. The summed E-state index contributed by atoms with van der Waals surface area (Å²) >= 11 is 0. The van der Waals surface area contributed by atoms with Gasteiger partial charge in [-0.25, -0.2) is 9.59 Å². The predicted octanol–water partition coefficient (Wildman–Crippen LogP) is 2.40. The van der Waals surface area contributed by atoms with Gasteiger partial charge in [0.05, 0.1) is 12.4 Å². The Hall–Kier alpha value is -2.34. The maximum atomic E-state index is 10.6. The number of esters is 2. The fourth-order valence-corrected chi connectivity index (χ4v) is 1.61. The first-order chi connectivity index (χ1) is 10.7. The van der Waals surface area contributed by atoms with Crippen molar-refractivity contribution in [3.8, 4) is 0 Å². The highest BCUT2D eigenvalue weighted by Crippen LogP contribution is 2.11. The van der Waals surface area contributed by atoms with Crippen molar-refractivity contribution in [1.29, 1.82) is 0 Å². The Labute approximate surface area is 129 Å². The van der Waals surface area contributed by atoms with Gasteiger partial charge in [0.2, 0.25) is 0 Å². The van der Waals surface area contributed by atoms with Crippen LogP contribution in [0.3, 0.4) is 0 Å². The molecule has 0 spiro atoms. The molecule has 1 aliphatic rings. The molecule has 0 N–H and O–H groups in total. The summed E-state index contributed by atoms with van der Waals surface area (Å²) in [5.41, 5.74) is 0. The smallest absolute Gasteiger partial charge is 0.330 e. The molecule has 6 heteroatoms. The number of carbonyl (C=O) groups is 2. The second kappa shape index (κ2) is 10.4. The molecule has 0 saturated carbocycles. The van der Waals surface area contributed by atoms with Gasteiger partial charge in [-0.05, 0) is 25.0 Å². The average molecular weight is 308 g/mol. The van der Waals surface area contributed by atoms with E-state index in [4.69, 9.17) is 13.9 Å². The van der Waals surface area contributed by atoms with Gasteiger partial charge in [0.1, 0.15) is 19.0 Å². The molecule has 1 unspecified atom stereocenters. The van der Waals surface area contributed by atoms with Gasteiger partial charge in [-0.2, -0.15) is 0 Å². The van der Waals surface area contributed by atoms with E-state index in [-0.39, 0.29) is 18.7 Å². The van der Waals surface area contributed by atoms with Gasteiger partial charge in [-0.1, -0.05) is 13.2 Å². The van der Waals surface area contributed by atoms with E-state index in [1.54, 1.807) is 12.1 Å². The SMILES string of the molecule is C=CC(=O)OCC1CCCO1.C=CC(=O)OCc1ccco1. The number of furan rings is 1. The summed E-state index contributed by atoms with van der Waals surface area (Å²) in [7, 11) is 0. The van der Waals surface area contributed by atoms with E-state index in [0.717, 1.165) is 31.6 Å². The third-order valence-corrected chi connectivity index (χ3v) is 2.71. The summed E-state index contributed by atoms with van der Waals surface area (Å²) in [6, 6.07) is 3.47. The minimum absolute atomic E-state index is 0.110. The molecular formula is C16H20O6. The normalized spacial score (nSPS) is 16.1. The van der Waals surface area contributed by atoms with Crippen molar-refractivity contribution >= 4 is 11.9 Å². The molecule has 0 radical (unpaired) electrons. The van der Waals surface area contributed by atoms with E-state index in [1.165, 1.54) is 6.26 Å². The highest BCUT2D eigenvalue weighted by molar-refractivity contribution is 5.81. The molecular weight excluding hydrogens is 288 g/mol. The highest BCUT2D eigenvalue weighted by atomic mass is 16.6. The third kappa shape index (κ3) is 7.44. The van der Waals surface area contributed by atoms with Crippen molar-refractivity contribution in [3.63, 3.8) is 0 Å². The van der Waals surface area contributed by atoms with E-state index in [9.17, 15) is 9.59 Å². The van der Waals surface area contributed by atoms with E-state index in [0.29, 0.717) is 12.4 Å². The van der Waals surface area contributed by atoms with E-state index in [1.807, 2.05) is 0 Å². The molecule has 0 aromatic carbocycles. The van der Waals surface area contributed by atoms with Crippen LogP contribution >= 0.6 is 0 Å². The summed E-state index contributed by atoms with van der Waals surface area (Å²) in [6.45, 7) is 7.86. The number of rotatable bonds is 6. The lowest BCUT2D eigenvalue weighted by atomic mass is 10.2. The molecule has 1 saturated heterocycles. The molecule has 22 heavy (non-hydrogen) atoms. The zero-order valence-corrected chi connectivity index (χ0v) is 12.4. The summed E-state index contributed by atoms with van der Waals surface area (Å²) in [6.07, 6.45) is 5.97. The standard InChI is InChI=1S/C8H12O3.C8H8O3/c2*1-2-8(9)11-6-7-4-3-5-10-7/h2,7H,1,3-6H2;2-5H,1,6H2. The first kappa shape index (κ1) is 17.7. The Kier molecular flexibility index (Phi) is 8.37. The third-order valence-electron chi connectivity index (χ3n) is 2.71. The van der Waals surface area contributed by atoms with Gasteiger partial charge in [0.25, 0.3) is 0 Å². The van der Waals surface area contributed by atoms with Crippen LogP contribution in [0.1, 0.15) is 18.6 Å². The van der Waals surface area contributed by atoms with Crippen LogP contribution in [0.15, 0.2) is 48.1 Å². The van der Waals surface area contributed by atoms with Gasteiger partial charge in [-0.3, -0.25) is 0 Å². The molecule has 0 amide bonds. The fourth-order valence-electron chi connectivity index (χ4n) is 1.61. The molecule has 0 aliphatic carbocycles. The fraction of sp³-hybridized carbons (Fsp3) is 0.375. The summed E-state index contributed by atoms with van der Waals surface area (Å²) in [4.78, 5) is 21.1.